The molecule has 4 aromatic rings. The monoisotopic (exact) mass is 350 g/mol. The lowest BCUT2D eigenvalue weighted by molar-refractivity contribution is 0.101. The summed E-state index contributed by atoms with van der Waals surface area (Å²) in [5.41, 5.74) is 1.79. The van der Waals surface area contributed by atoms with Crippen molar-refractivity contribution in [3.8, 4) is 17.1 Å². The van der Waals surface area contributed by atoms with Gasteiger partial charge in [-0.2, -0.15) is 5.10 Å². The predicted octanol–water partition coefficient (Wildman–Crippen LogP) is 4.15. The van der Waals surface area contributed by atoms with E-state index in [0.29, 0.717) is 22.3 Å². The van der Waals surface area contributed by atoms with Gasteiger partial charge in [0.15, 0.2) is 10.9 Å². The van der Waals surface area contributed by atoms with Crippen molar-refractivity contribution in [3.63, 3.8) is 0 Å². The molecule has 1 amide bonds. The van der Waals surface area contributed by atoms with Gasteiger partial charge in [0.05, 0.1) is 12.0 Å². The maximum Gasteiger partial charge on any atom is 0.276 e. The molecule has 0 spiro atoms. The van der Waals surface area contributed by atoms with Crippen LogP contribution in [-0.4, -0.2) is 20.7 Å². The Hall–Kier alpha value is -3.19. The second-order valence-corrected chi connectivity index (χ2v) is 6.60. The van der Waals surface area contributed by atoms with Gasteiger partial charge in [-0.1, -0.05) is 18.2 Å². The minimum atomic E-state index is -0.275. The van der Waals surface area contributed by atoms with Crippen LogP contribution in [0.25, 0.3) is 17.1 Å². The smallest absolute Gasteiger partial charge is 0.276 e. The predicted molar refractivity (Wildman–Crippen MR) is 96.1 cm³/mol. The van der Waals surface area contributed by atoms with Gasteiger partial charge in [-0.25, -0.2) is 9.67 Å². The summed E-state index contributed by atoms with van der Waals surface area (Å²) in [6.45, 7) is 1.94. The third-order valence-corrected chi connectivity index (χ3v) is 4.39. The van der Waals surface area contributed by atoms with Crippen LogP contribution in [0.3, 0.4) is 0 Å². The highest BCUT2D eigenvalue weighted by atomic mass is 32.1. The molecule has 6 nitrogen and oxygen atoms in total. The number of aryl methyl sites for hydroxylation is 1. The van der Waals surface area contributed by atoms with E-state index in [1.165, 1.54) is 11.3 Å². The molecule has 1 aromatic carbocycles. The third-order valence-electron chi connectivity index (χ3n) is 3.56. The van der Waals surface area contributed by atoms with Gasteiger partial charge in [0.1, 0.15) is 11.4 Å². The highest BCUT2D eigenvalue weighted by Gasteiger charge is 2.19. The van der Waals surface area contributed by atoms with E-state index in [-0.39, 0.29) is 5.91 Å². The van der Waals surface area contributed by atoms with E-state index in [1.54, 1.807) is 29.3 Å². The highest BCUT2D eigenvalue weighted by Crippen LogP contribution is 2.24. The Balaban J connectivity index is 1.75. The lowest BCUT2D eigenvalue weighted by Gasteiger charge is -2.06. The number of furan rings is 1. The van der Waals surface area contributed by atoms with Crippen molar-refractivity contribution in [2.45, 2.75) is 6.92 Å². The minimum Gasteiger partial charge on any atom is -0.463 e. The molecule has 3 heterocycles. The number of carbonyl (C=O) groups excluding carboxylic acids is 1. The molecule has 0 atom stereocenters. The number of rotatable bonds is 4. The van der Waals surface area contributed by atoms with Crippen molar-refractivity contribution in [2.24, 2.45) is 0 Å². The molecule has 0 saturated carbocycles. The minimum absolute atomic E-state index is 0.275. The van der Waals surface area contributed by atoms with Gasteiger partial charge in [0, 0.05) is 17.1 Å². The molecule has 7 heteroatoms. The Morgan fingerprint density at radius 2 is 2.04 bits per heavy atom. The molecule has 0 aliphatic heterocycles. The molecule has 25 heavy (non-hydrogen) atoms. The van der Waals surface area contributed by atoms with Crippen LogP contribution in [0, 0.1) is 6.92 Å². The van der Waals surface area contributed by atoms with Crippen molar-refractivity contribution >= 4 is 22.4 Å². The fraction of sp³-hybridized carbons (Fsp3) is 0.0556. The molecule has 0 bridgehead atoms. The number of thiazole rings is 1. The van der Waals surface area contributed by atoms with E-state index in [1.807, 2.05) is 43.3 Å². The van der Waals surface area contributed by atoms with Crippen molar-refractivity contribution in [3.05, 3.63) is 71.6 Å². The average molecular weight is 350 g/mol. The summed E-state index contributed by atoms with van der Waals surface area (Å²) < 4.78 is 7.01. The normalized spacial score (nSPS) is 10.8. The Labute approximate surface area is 147 Å². The van der Waals surface area contributed by atoms with Crippen molar-refractivity contribution < 1.29 is 9.21 Å². The molecule has 0 saturated heterocycles. The second-order valence-electron chi connectivity index (χ2n) is 5.37. The van der Waals surface area contributed by atoms with Crippen LogP contribution >= 0.6 is 11.3 Å². The first-order valence-electron chi connectivity index (χ1n) is 7.64. The number of para-hydroxylation sites is 1. The Morgan fingerprint density at radius 1 is 1.20 bits per heavy atom. The second kappa shape index (κ2) is 6.37. The van der Waals surface area contributed by atoms with E-state index in [2.05, 4.69) is 15.4 Å². The van der Waals surface area contributed by atoms with Crippen LogP contribution in [0.2, 0.25) is 0 Å². The highest BCUT2D eigenvalue weighted by molar-refractivity contribution is 7.15. The van der Waals surface area contributed by atoms with Gasteiger partial charge >= 0.3 is 0 Å². The van der Waals surface area contributed by atoms with Crippen LogP contribution < -0.4 is 5.32 Å². The van der Waals surface area contributed by atoms with Gasteiger partial charge in [-0.15, -0.1) is 11.3 Å². The lowest BCUT2D eigenvalue weighted by atomic mass is 10.2. The summed E-state index contributed by atoms with van der Waals surface area (Å²) in [5.74, 6) is 0.331. The number of aromatic nitrogens is 3. The Bertz CT molecular complexity index is 1000. The van der Waals surface area contributed by atoms with Crippen LogP contribution in [0.15, 0.2) is 65.4 Å². The zero-order valence-electron chi connectivity index (χ0n) is 13.3. The molecule has 0 fully saturated rings. The topological polar surface area (TPSA) is 73.0 Å². The zero-order valence-corrected chi connectivity index (χ0v) is 14.2. The van der Waals surface area contributed by atoms with Crippen LogP contribution in [0.5, 0.6) is 0 Å². The molecule has 3 aromatic heterocycles. The maximum atomic E-state index is 12.8. The first-order chi connectivity index (χ1) is 12.2. The van der Waals surface area contributed by atoms with E-state index in [4.69, 9.17) is 4.42 Å². The SMILES string of the molecule is Cc1cnc(NC(=O)c2cc(-c3ccco3)nn2-c2ccccc2)s1. The molecule has 4 rings (SSSR count). The third kappa shape index (κ3) is 3.09. The summed E-state index contributed by atoms with van der Waals surface area (Å²) in [4.78, 5) is 18.0. The van der Waals surface area contributed by atoms with Gasteiger partial charge in [-0.05, 0) is 31.2 Å². The summed E-state index contributed by atoms with van der Waals surface area (Å²) >= 11 is 1.43. The van der Waals surface area contributed by atoms with E-state index in [9.17, 15) is 4.79 Å². The number of hydrogen-bond acceptors (Lipinski definition) is 5. The number of nitrogens with zero attached hydrogens (tertiary/aromatic N) is 3. The number of anilines is 1. The molecule has 0 radical (unpaired) electrons. The molecular formula is C18H14N4O2S. The van der Waals surface area contributed by atoms with Crippen LogP contribution in [0.1, 0.15) is 15.4 Å². The summed E-state index contributed by atoms with van der Waals surface area (Å²) in [7, 11) is 0. The molecule has 0 aliphatic carbocycles. The quantitative estimate of drug-likeness (QED) is 0.600. The first-order valence-corrected chi connectivity index (χ1v) is 8.45. The number of carbonyl (C=O) groups is 1. The van der Waals surface area contributed by atoms with Gasteiger partial charge < -0.3 is 4.42 Å². The van der Waals surface area contributed by atoms with Gasteiger partial charge in [-0.3, -0.25) is 10.1 Å². The zero-order chi connectivity index (χ0) is 17.2. The number of hydrogen-bond donors (Lipinski definition) is 1. The number of nitrogens with one attached hydrogen (secondary N) is 1. The molecular weight excluding hydrogens is 336 g/mol. The van der Waals surface area contributed by atoms with Crippen molar-refractivity contribution in [2.75, 3.05) is 5.32 Å². The Morgan fingerprint density at radius 3 is 2.72 bits per heavy atom. The number of benzene rings is 1. The van der Waals surface area contributed by atoms with Crippen molar-refractivity contribution in [1.29, 1.82) is 0 Å². The molecule has 1 N–H and O–H groups in total. The van der Waals surface area contributed by atoms with Gasteiger partial charge in [0.25, 0.3) is 5.91 Å². The van der Waals surface area contributed by atoms with Crippen LogP contribution in [-0.2, 0) is 0 Å². The van der Waals surface area contributed by atoms with Crippen LogP contribution in [0.4, 0.5) is 5.13 Å². The Kier molecular flexibility index (Phi) is 3.91. The first kappa shape index (κ1) is 15.3. The largest absolute Gasteiger partial charge is 0.463 e. The average Bonchev–Trinajstić information content (AvgIpc) is 3.35. The fourth-order valence-corrected chi connectivity index (χ4v) is 3.09. The molecule has 0 aliphatic rings. The van der Waals surface area contributed by atoms with E-state index in [0.717, 1.165) is 10.6 Å². The number of amides is 1. The van der Waals surface area contributed by atoms with Crippen molar-refractivity contribution in [1.82, 2.24) is 14.8 Å². The van der Waals surface area contributed by atoms with E-state index >= 15 is 0 Å². The molecule has 0 unspecified atom stereocenters. The summed E-state index contributed by atoms with van der Waals surface area (Å²) in [6, 6.07) is 14.8. The maximum absolute atomic E-state index is 12.8. The lowest BCUT2D eigenvalue weighted by Crippen LogP contribution is -2.16. The summed E-state index contributed by atoms with van der Waals surface area (Å²) in [5, 5.41) is 7.92. The molecule has 124 valence electrons. The fourth-order valence-electron chi connectivity index (χ4n) is 2.43. The summed E-state index contributed by atoms with van der Waals surface area (Å²) in [6.07, 6.45) is 3.30. The van der Waals surface area contributed by atoms with Gasteiger partial charge in [0.2, 0.25) is 0 Å². The standard InChI is InChI=1S/C18H14N4O2S/c1-12-11-19-18(25-12)20-17(23)15-10-14(16-8-5-9-24-16)21-22(15)13-6-3-2-4-7-13/h2-11H,1H3,(H,19,20,23). The van der Waals surface area contributed by atoms with E-state index < -0.39 is 0 Å².